The van der Waals surface area contributed by atoms with E-state index in [1.165, 1.54) is 0 Å². The number of aromatic nitrogens is 1. The van der Waals surface area contributed by atoms with E-state index in [2.05, 4.69) is 37.6 Å². The second kappa shape index (κ2) is 6.87. The standard InChI is InChI=1S/C15H27N3O/c1-6-15(4,18(7-2)8-3)14(16)13-12(19-5)10-9-11-17-13/h9-11,14H,6-8,16H2,1-5H3. The predicted octanol–water partition coefficient (Wildman–Crippen LogP) is 2.60. The van der Waals surface area contributed by atoms with Crippen LogP contribution in [0.5, 0.6) is 5.75 Å². The molecule has 0 radical (unpaired) electrons. The molecule has 0 bridgehead atoms. The summed E-state index contributed by atoms with van der Waals surface area (Å²) in [4.78, 5) is 6.83. The van der Waals surface area contributed by atoms with Crippen molar-refractivity contribution in [3.05, 3.63) is 24.0 Å². The number of nitrogens with zero attached hydrogens (tertiary/aromatic N) is 2. The van der Waals surface area contributed by atoms with Gasteiger partial charge in [0, 0.05) is 11.7 Å². The van der Waals surface area contributed by atoms with E-state index >= 15 is 0 Å². The van der Waals surface area contributed by atoms with Crippen LogP contribution in [0.15, 0.2) is 18.3 Å². The van der Waals surface area contributed by atoms with Gasteiger partial charge < -0.3 is 10.5 Å². The molecule has 1 heterocycles. The summed E-state index contributed by atoms with van der Waals surface area (Å²) < 4.78 is 5.39. The summed E-state index contributed by atoms with van der Waals surface area (Å²) in [7, 11) is 1.66. The molecule has 0 aromatic carbocycles. The van der Waals surface area contributed by atoms with E-state index in [0.717, 1.165) is 31.0 Å². The van der Waals surface area contributed by atoms with Crippen molar-refractivity contribution in [2.24, 2.45) is 5.73 Å². The van der Waals surface area contributed by atoms with Gasteiger partial charge >= 0.3 is 0 Å². The maximum atomic E-state index is 6.53. The summed E-state index contributed by atoms with van der Waals surface area (Å²) in [6, 6.07) is 3.62. The van der Waals surface area contributed by atoms with Crippen molar-refractivity contribution in [2.75, 3.05) is 20.2 Å². The Balaban J connectivity index is 3.17. The Morgan fingerprint density at radius 3 is 2.47 bits per heavy atom. The molecule has 0 fully saturated rings. The van der Waals surface area contributed by atoms with Gasteiger partial charge in [-0.2, -0.15) is 0 Å². The fraction of sp³-hybridized carbons (Fsp3) is 0.667. The van der Waals surface area contributed by atoms with Crippen LogP contribution >= 0.6 is 0 Å². The molecule has 0 aliphatic heterocycles. The third kappa shape index (κ3) is 3.07. The monoisotopic (exact) mass is 265 g/mol. The van der Waals surface area contributed by atoms with Crippen LogP contribution in [0.1, 0.15) is 45.9 Å². The van der Waals surface area contributed by atoms with E-state index < -0.39 is 0 Å². The van der Waals surface area contributed by atoms with Crippen LogP contribution in [-0.4, -0.2) is 35.6 Å². The normalized spacial score (nSPS) is 16.2. The average Bonchev–Trinajstić information content (AvgIpc) is 2.47. The van der Waals surface area contributed by atoms with Crippen LogP contribution in [0.2, 0.25) is 0 Å². The molecule has 1 aromatic heterocycles. The fourth-order valence-corrected chi connectivity index (χ4v) is 2.69. The van der Waals surface area contributed by atoms with Gasteiger partial charge in [-0.1, -0.05) is 20.8 Å². The van der Waals surface area contributed by atoms with Crippen molar-refractivity contribution in [1.29, 1.82) is 0 Å². The highest BCUT2D eigenvalue weighted by Crippen LogP contribution is 2.35. The zero-order valence-electron chi connectivity index (χ0n) is 12.8. The summed E-state index contributed by atoms with van der Waals surface area (Å²) in [5.41, 5.74) is 7.24. The molecule has 4 heteroatoms. The summed E-state index contributed by atoms with van der Waals surface area (Å²) in [5, 5.41) is 0. The van der Waals surface area contributed by atoms with Crippen LogP contribution < -0.4 is 10.5 Å². The minimum absolute atomic E-state index is 0.120. The Morgan fingerprint density at radius 1 is 1.37 bits per heavy atom. The minimum Gasteiger partial charge on any atom is -0.495 e. The largest absolute Gasteiger partial charge is 0.495 e. The van der Waals surface area contributed by atoms with Crippen molar-refractivity contribution in [1.82, 2.24) is 9.88 Å². The van der Waals surface area contributed by atoms with Gasteiger partial charge in [-0.15, -0.1) is 0 Å². The Hall–Kier alpha value is -1.13. The van der Waals surface area contributed by atoms with Gasteiger partial charge in [0.1, 0.15) is 11.4 Å². The molecule has 108 valence electrons. The number of ether oxygens (including phenoxy) is 1. The molecular weight excluding hydrogens is 238 g/mol. The lowest BCUT2D eigenvalue weighted by Gasteiger charge is -2.44. The van der Waals surface area contributed by atoms with Crippen LogP contribution in [0.3, 0.4) is 0 Å². The molecule has 0 spiro atoms. The quantitative estimate of drug-likeness (QED) is 0.823. The summed E-state index contributed by atoms with van der Waals surface area (Å²) in [6.07, 6.45) is 2.74. The second-order valence-electron chi connectivity index (χ2n) is 4.95. The molecule has 0 aliphatic carbocycles. The summed E-state index contributed by atoms with van der Waals surface area (Å²) in [6.45, 7) is 10.7. The topological polar surface area (TPSA) is 51.4 Å². The number of methoxy groups -OCH3 is 1. The average molecular weight is 265 g/mol. The lowest BCUT2D eigenvalue weighted by molar-refractivity contribution is 0.0820. The first-order valence-corrected chi connectivity index (χ1v) is 7.04. The molecule has 2 atom stereocenters. The highest BCUT2D eigenvalue weighted by atomic mass is 16.5. The van der Waals surface area contributed by atoms with Gasteiger partial charge in [-0.05, 0) is 38.6 Å². The predicted molar refractivity (Wildman–Crippen MR) is 79.3 cm³/mol. The smallest absolute Gasteiger partial charge is 0.142 e. The Morgan fingerprint density at radius 2 is 2.00 bits per heavy atom. The molecular formula is C15H27N3O. The SMILES string of the molecule is CCN(CC)C(C)(CC)C(N)c1ncccc1OC. The molecule has 0 saturated carbocycles. The van der Waals surface area contributed by atoms with Crippen molar-refractivity contribution in [3.8, 4) is 5.75 Å². The maximum absolute atomic E-state index is 6.53. The lowest BCUT2D eigenvalue weighted by atomic mass is 9.85. The first-order valence-electron chi connectivity index (χ1n) is 7.04. The van der Waals surface area contributed by atoms with Crippen molar-refractivity contribution >= 4 is 0 Å². The minimum atomic E-state index is -0.173. The van der Waals surface area contributed by atoms with E-state index in [4.69, 9.17) is 10.5 Å². The number of nitrogens with two attached hydrogens (primary N) is 1. The van der Waals surface area contributed by atoms with Gasteiger partial charge in [0.2, 0.25) is 0 Å². The number of rotatable bonds is 7. The molecule has 4 nitrogen and oxygen atoms in total. The first-order chi connectivity index (χ1) is 9.04. The Labute approximate surface area is 117 Å². The molecule has 2 unspecified atom stereocenters. The highest BCUT2D eigenvalue weighted by Gasteiger charge is 2.37. The number of hydrogen-bond donors (Lipinski definition) is 1. The number of pyridine rings is 1. The van der Waals surface area contributed by atoms with E-state index in [0.29, 0.717) is 0 Å². The van der Waals surface area contributed by atoms with Crippen LogP contribution in [0, 0.1) is 0 Å². The highest BCUT2D eigenvalue weighted by molar-refractivity contribution is 5.31. The molecule has 1 aromatic rings. The van der Waals surface area contributed by atoms with Crippen LogP contribution in [-0.2, 0) is 0 Å². The van der Waals surface area contributed by atoms with E-state index in [1.807, 2.05) is 12.1 Å². The number of hydrogen-bond acceptors (Lipinski definition) is 4. The maximum Gasteiger partial charge on any atom is 0.142 e. The van der Waals surface area contributed by atoms with E-state index in [9.17, 15) is 0 Å². The third-order valence-corrected chi connectivity index (χ3v) is 4.19. The van der Waals surface area contributed by atoms with E-state index in [1.54, 1.807) is 13.3 Å². The van der Waals surface area contributed by atoms with Crippen LogP contribution in [0.25, 0.3) is 0 Å². The fourth-order valence-electron chi connectivity index (χ4n) is 2.69. The Bertz CT molecular complexity index is 393. The number of likely N-dealkylation sites (N-methyl/N-ethyl adjacent to an activating group) is 1. The molecule has 0 aliphatic rings. The summed E-state index contributed by atoms with van der Waals surface area (Å²) in [5.74, 6) is 0.766. The van der Waals surface area contributed by atoms with Gasteiger partial charge in [-0.3, -0.25) is 9.88 Å². The molecule has 19 heavy (non-hydrogen) atoms. The molecule has 2 N–H and O–H groups in total. The first kappa shape index (κ1) is 15.9. The zero-order valence-corrected chi connectivity index (χ0v) is 12.8. The second-order valence-corrected chi connectivity index (χ2v) is 4.95. The third-order valence-electron chi connectivity index (χ3n) is 4.19. The van der Waals surface area contributed by atoms with Crippen molar-refractivity contribution < 1.29 is 4.74 Å². The van der Waals surface area contributed by atoms with Gasteiger partial charge in [0.15, 0.2) is 0 Å². The molecule has 1 rings (SSSR count). The zero-order chi connectivity index (χ0) is 14.5. The Kier molecular flexibility index (Phi) is 5.76. The molecule has 0 amide bonds. The van der Waals surface area contributed by atoms with Gasteiger partial charge in [0.25, 0.3) is 0 Å². The summed E-state index contributed by atoms with van der Waals surface area (Å²) >= 11 is 0. The van der Waals surface area contributed by atoms with Gasteiger partial charge in [0.05, 0.1) is 13.2 Å². The lowest BCUT2D eigenvalue weighted by Crippen LogP contribution is -2.53. The van der Waals surface area contributed by atoms with Crippen molar-refractivity contribution in [3.63, 3.8) is 0 Å². The van der Waals surface area contributed by atoms with E-state index in [-0.39, 0.29) is 11.6 Å². The van der Waals surface area contributed by atoms with Crippen LogP contribution in [0.4, 0.5) is 0 Å². The van der Waals surface area contributed by atoms with Crippen molar-refractivity contribution in [2.45, 2.75) is 45.7 Å². The van der Waals surface area contributed by atoms with Gasteiger partial charge in [-0.25, -0.2) is 0 Å². The molecule has 0 saturated heterocycles.